The first-order valence-corrected chi connectivity index (χ1v) is 7.81. The van der Waals surface area contributed by atoms with Crippen molar-refractivity contribution in [3.8, 4) is 0 Å². The van der Waals surface area contributed by atoms with E-state index >= 15 is 0 Å². The number of hydrogen-bond acceptors (Lipinski definition) is 5. The smallest absolute Gasteiger partial charge is 0.331 e. The van der Waals surface area contributed by atoms with Gasteiger partial charge in [-0.1, -0.05) is 0 Å². The first-order valence-electron chi connectivity index (χ1n) is 6.20. The number of imide groups is 1. The molecule has 0 bridgehead atoms. The summed E-state index contributed by atoms with van der Waals surface area (Å²) in [4.78, 5) is 36.9. The van der Waals surface area contributed by atoms with Crippen molar-refractivity contribution in [1.82, 2.24) is 10.2 Å². The standard InChI is InChI=1S/C13H13BrN2O4S/c1-8(12(18)16-7-6-15-13(16)19)20-11(17)5-3-9-2-4-10(14)21-9/h2-5,8H,6-7H2,1H3,(H,15,19)/b5-3+/t8-/m1/s1. The largest absolute Gasteiger partial charge is 0.449 e. The third kappa shape index (κ3) is 4.15. The number of carbonyl (C=O) groups excluding carboxylic acids is 3. The summed E-state index contributed by atoms with van der Waals surface area (Å²) in [5.41, 5.74) is 0. The third-order valence-electron chi connectivity index (χ3n) is 2.74. The van der Waals surface area contributed by atoms with Crippen LogP contribution in [0, 0.1) is 0 Å². The SMILES string of the molecule is C[C@@H](OC(=O)/C=C/c1ccc(Br)s1)C(=O)N1CCNC1=O. The summed E-state index contributed by atoms with van der Waals surface area (Å²) in [5, 5.41) is 2.52. The number of nitrogens with one attached hydrogen (secondary N) is 1. The Morgan fingerprint density at radius 1 is 1.52 bits per heavy atom. The van der Waals surface area contributed by atoms with Crippen LogP contribution in [-0.2, 0) is 14.3 Å². The van der Waals surface area contributed by atoms with Crippen LogP contribution in [0.15, 0.2) is 22.0 Å². The highest BCUT2D eigenvalue weighted by atomic mass is 79.9. The lowest BCUT2D eigenvalue weighted by Crippen LogP contribution is -2.41. The molecule has 0 aliphatic carbocycles. The van der Waals surface area contributed by atoms with Gasteiger partial charge in [0.1, 0.15) is 0 Å². The van der Waals surface area contributed by atoms with E-state index in [0.717, 1.165) is 13.6 Å². The quantitative estimate of drug-likeness (QED) is 0.647. The third-order valence-corrected chi connectivity index (χ3v) is 4.33. The molecule has 1 aromatic heterocycles. The number of ether oxygens (including phenoxy) is 1. The molecule has 0 saturated carbocycles. The second kappa shape index (κ2) is 6.86. The lowest BCUT2D eigenvalue weighted by Gasteiger charge is -2.17. The molecule has 1 N–H and O–H groups in total. The van der Waals surface area contributed by atoms with Gasteiger partial charge in [-0.05, 0) is 41.1 Å². The Morgan fingerprint density at radius 2 is 2.29 bits per heavy atom. The van der Waals surface area contributed by atoms with Gasteiger partial charge in [-0.15, -0.1) is 11.3 Å². The first-order chi connectivity index (χ1) is 9.97. The Bertz CT molecular complexity index is 599. The molecule has 6 nitrogen and oxygen atoms in total. The molecule has 1 aliphatic heterocycles. The summed E-state index contributed by atoms with van der Waals surface area (Å²) in [6.45, 7) is 2.15. The van der Waals surface area contributed by atoms with Gasteiger partial charge in [0, 0.05) is 24.0 Å². The number of esters is 1. The van der Waals surface area contributed by atoms with Crippen LogP contribution in [0.5, 0.6) is 0 Å². The summed E-state index contributed by atoms with van der Waals surface area (Å²) in [6, 6.07) is 3.26. The highest BCUT2D eigenvalue weighted by Crippen LogP contribution is 2.23. The fraction of sp³-hybridized carbons (Fsp3) is 0.308. The number of rotatable bonds is 4. The van der Waals surface area contributed by atoms with Gasteiger partial charge in [-0.3, -0.25) is 9.69 Å². The lowest BCUT2D eigenvalue weighted by atomic mass is 10.3. The Kier molecular flexibility index (Phi) is 5.13. The fourth-order valence-corrected chi connectivity index (χ4v) is 3.06. The first kappa shape index (κ1) is 15.7. The molecule has 1 fully saturated rings. The Balaban J connectivity index is 1.88. The number of carbonyl (C=O) groups is 3. The van der Waals surface area contributed by atoms with Crippen molar-refractivity contribution in [1.29, 1.82) is 0 Å². The van der Waals surface area contributed by atoms with E-state index in [0.29, 0.717) is 13.1 Å². The van der Waals surface area contributed by atoms with Crippen LogP contribution in [0.1, 0.15) is 11.8 Å². The molecule has 8 heteroatoms. The topological polar surface area (TPSA) is 75.7 Å². The van der Waals surface area contributed by atoms with Gasteiger partial charge in [0.15, 0.2) is 6.10 Å². The second-order valence-electron chi connectivity index (χ2n) is 4.28. The zero-order chi connectivity index (χ0) is 15.4. The average Bonchev–Trinajstić information content (AvgIpc) is 3.04. The van der Waals surface area contributed by atoms with E-state index in [1.807, 2.05) is 12.1 Å². The molecule has 1 aromatic rings. The maximum atomic E-state index is 11.9. The van der Waals surface area contributed by atoms with Crippen molar-refractivity contribution in [2.75, 3.05) is 13.1 Å². The highest BCUT2D eigenvalue weighted by molar-refractivity contribution is 9.11. The number of thiophene rings is 1. The summed E-state index contributed by atoms with van der Waals surface area (Å²) in [7, 11) is 0. The number of nitrogens with zero attached hydrogens (tertiary/aromatic N) is 1. The van der Waals surface area contributed by atoms with Crippen LogP contribution < -0.4 is 5.32 Å². The molecule has 0 unspecified atom stereocenters. The van der Waals surface area contributed by atoms with E-state index in [9.17, 15) is 14.4 Å². The van der Waals surface area contributed by atoms with Crippen molar-refractivity contribution in [2.45, 2.75) is 13.0 Å². The van der Waals surface area contributed by atoms with Crippen LogP contribution >= 0.6 is 27.3 Å². The number of halogens is 1. The molecule has 2 rings (SSSR count). The summed E-state index contributed by atoms with van der Waals surface area (Å²) < 4.78 is 5.95. The van der Waals surface area contributed by atoms with Crippen molar-refractivity contribution < 1.29 is 19.1 Å². The molecule has 2 heterocycles. The predicted molar refractivity (Wildman–Crippen MR) is 81.7 cm³/mol. The van der Waals surface area contributed by atoms with E-state index in [1.54, 1.807) is 6.08 Å². The molecule has 1 aliphatic rings. The number of amides is 3. The van der Waals surface area contributed by atoms with E-state index < -0.39 is 24.0 Å². The summed E-state index contributed by atoms with van der Waals surface area (Å²) in [6.07, 6.45) is 1.87. The van der Waals surface area contributed by atoms with E-state index in [4.69, 9.17) is 4.74 Å². The van der Waals surface area contributed by atoms with Gasteiger partial charge in [0.05, 0.1) is 3.79 Å². The van der Waals surface area contributed by atoms with Crippen molar-refractivity contribution in [3.05, 3.63) is 26.9 Å². The van der Waals surface area contributed by atoms with E-state index in [1.165, 1.54) is 24.3 Å². The molecular weight excluding hydrogens is 360 g/mol. The van der Waals surface area contributed by atoms with Crippen LogP contribution in [-0.4, -0.2) is 42.0 Å². The summed E-state index contributed by atoms with van der Waals surface area (Å²) in [5.74, 6) is -1.15. The van der Waals surface area contributed by atoms with E-state index in [-0.39, 0.29) is 0 Å². The van der Waals surface area contributed by atoms with Gasteiger partial charge in [0.2, 0.25) is 0 Å². The van der Waals surface area contributed by atoms with Gasteiger partial charge in [-0.25, -0.2) is 9.59 Å². The highest BCUT2D eigenvalue weighted by Gasteiger charge is 2.31. The average molecular weight is 373 g/mol. The normalized spacial score (nSPS) is 16.1. The number of hydrogen-bond donors (Lipinski definition) is 1. The minimum absolute atomic E-state index is 0.290. The molecule has 0 radical (unpaired) electrons. The van der Waals surface area contributed by atoms with Crippen molar-refractivity contribution in [3.63, 3.8) is 0 Å². The molecular formula is C13H13BrN2O4S. The van der Waals surface area contributed by atoms with Crippen molar-refractivity contribution >= 4 is 51.3 Å². The second-order valence-corrected chi connectivity index (χ2v) is 6.77. The van der Waals surface area contributed by atoms with Crippen LogP contribution in [0.25, 0.3) is 6.08 Å². The van der Waals surface area contributed by atoms with Gasteiger partial charge < -0.3 is 10.1 Å². The monoisotopic (exact) mass is 372 g/mol. The predicted octanol–water partition coefficient (Wildman–Crippen LogP) is 2.01. The zero-order valence-electron chi connectivity index (χ0n) is 11.2. The van der Waals surface area contributed by atoms with Crippen LogP contribution in [0.4, 0.5) is 4.79 Å². The van der Waals surface area contributed by atoms with Crippen LogP contribution in [0.2, 0.25) is 0 Å². The minimum Gasteiger partial charge on any atom is -0.449 e. The maximum Gasteiger partial charge on any atom is 0.331 e. The van der Waals surface area contributed by atoms with Crippen LogP contribution in [0.3, 0.4) is 0 Å². The summed E-state index contributed by atoms with van der Waals surface area (Å²) >= 11 is 4.79. The molecule has 0 aromatic carbocycles. The Labute approximate surface area is 133 Å². The molecule has 1 saturated heterocycles. The van der Waals surface area contributed by atoms with Gasteiger partial charge in [0.25, 0.3) is 5.91 Å². The molecule has 21 heavy (non-hydrogen) atoms. The lowest BCUT2D eigenvalue weighted by molar-refractivity contribution is -0.153. The Hall–Kier alpha value is -1.67. The zero-order valence-corrected chi connectivity index (χ0v) is 13.6. The van der Waals surface area contributed by atoms with Gasteiger partial charge in [-0.2, -0.15) is 0 Å². The fourth-order valence-electron chi connectivity index (χ4n) is 1.73. The molecule has 3 amide bonds. The Morgan fingerprint density at radius 3 is 2.86 bits per heavy atom. The molecule has 0 spiro atoms. The van der Waals surface area contributed by atoms with Gasteiger partial charge >= 0.3 is 12.0 Å². The minimum atomic E-state index is -0.999. The number of urea groups is 1. The van der Waals surface area contributed by atoms with E-state index in [2.05, 4.69) is 21.2 Å². The molecule has 1 atom stereocenters. The maximum absolute atomic E-state index is 11.9. The molecule has 112 valence electrons. The van der Waals surface area contributed by atoms with Crippen molar-refractivity contribution in [2.24, 2.45) is 0 Å².